The molecule has 1 heterocycles. The van der Waals surface area contributed by atoms with Gasteiger partial charge in [0, 0.05) is 7.11 Å². The van der Waals surface area contributed by atoms with Crippen LogP contribution in [0.4, 0.5) is 0 Å². The summed E-state index contributed by atoms with van der Waals surface area (Å²) < 4.78 is 4.71. The van der Waals surface area contributed by atoms with Gasteiger partial charge in [0.1, 0.15) is 6.10 Å². The van der Waals surface area contributed by atoms with Crippen LogP contribution < -0.4 is 0 Å². The Morgan fingerprint density at radius 1 is 1.67 bits per heavy atom. The fraction of sp³-hybridized carbons (Fsp3) is 0.714. The van der Waals surface area contributed by atoms with Gasteiger partial charge in [0.15, 0.2) is 0 Å². The zero-order chi connectivity index (χ0) is 9.14. The molecule has 0 saturated carbocycles. The summed E-state index contributed by atoms with van der Waals surface area (Å²) in [5, 5.41) is 8.99. The van der Waals surface area contributed by atoms with Crippen molar-refractivity contribution in [3.05, 3.63) is 0 Å². The van der Waals surface area contributed by atoms with Gasteiger partial charge in [-0.1, -0.05) is 0 Å². The average Bonchev–Trinajstić information content (AvgIpc) is 2.25. The Balaban J connectivity index is 2.52. The molecule has 1 N–H and O–H groups in total. The molecular weight excluding hydrogens is 162 g/mol. The predicted octanol–water partition coefficient (Wildman–Crippen LogP) is -1.25. The van der Waals surface area contributed by atoms with E-state index < -0.39 is 12.0 Å². The van der Waals surface area contributed by atoms with Crippen LogP contribution in [-0.2, 0) is 14.3 Å². The van der Waals surface area contributed by atoms with E-state index in [0.717, 1.165) is 4.90 Å². The number of ether oxygens (including phenoxy) is 1. The number of rotatable bonds is 3. The molecule has 0 aliphatic carbocycles. The van der Waals surface area contributed by atoms with Crippen LogP contribution in [0.25, 0.3) is 0 Å². The highest BCUT2D eigenvalue weighted by Crippen LogP contribution is 2.11. The molecule has 0 aromatic carbocycles. The fourth-order valence-electron chi connectivity index (χ4n) is 1.08. The molecule has 12 heavy (non-hydrogen) atoms. The number of likely N-dealkylation sites (tertiary alicyclic amines) is 1. The maximum atomic E-state index is 11.0. The van der Waals surface area contributed by atoms with E-state index in [2.05, 4.69) is 0 Å². The second kappa shape index (κ2) is 3.64. The van der Waals surface area contributed by atoms with Crippen LogP contribution >= 0.6 is 0 Å². The van der Waals surface area contributed by atoms with Gasteiger partial charge in [0.2, 0.25) is 5.91 Å². The number of aliphatic hydroxyl groups excluding tert-OH is 1. The van der Waals surface area contributed by atoms with E-state index >= 15 is 0 Å². The number of hydrogen-bond donors (Lipinski definition) is 1. The van der Waals surface area contributed by atoms with Crippen LogP contribution in [-0.4, -0.2) is 48.2 Å². The molecule has 1 rings (SSSR count). The first kappa shape index (κ1) is 9.15. The summed E-state index contributed by atoms with van der Waals surface area (Å²) in [6.07, 6.45) is -1.24. The number of hydrogen-bond acceptors (Lipinski definition) is 4. The van der Waals surface area contributed by atoms with Crippen molar-refractivity contribution in [3.63, 3.8) is 0 Å². The summed E-state index contributed by atoms with van der Waals surface area (Å²) in [5.41, 5.74) is 0. The molecule has 1 fully saturated rings. The standard InChI is InChI=1S/C7H11NO4/c1-12-3-2-8-6(10)4-5(9)7(8)11/h5,9H,2-4H2,1H3/t5-/m1/s1. The van der Waals surface area contributed by atoms with E-state index in [-0.39, 0.29) is 18.9 Å². The van der Waals surface area contributed by atoms with Crippen LogP contribution in [0.1, 0.15) is 6.42 Å². The molecule has 5 nitrogen and oxygen atoms in total. The summed E-state index contributed by atoms with van der Waals surface area (Å²) in [5.74, 6) is -0.846. The Morgan fingerprint density at radius 3 is 2.75 bits per heavy atom. The zero-order valence-corrected chi connectivity index (χ0v) is 6.82. The zero-order valence-electron chi connectivity index (χ0n) is 6.82. The number of amides is 2. The minimum absolute atomic E-state index is 0.0947. The quantitative estimate of drug-likeness (QED) is 0.542. The molecule has 0 aromatic rings. The fourth-order valence-corrected chi connectivity index (χ4v) is 1.08. The van der Waals surface area contributed by atoms with Gasteiger partial charge in [-0.15, -0.1) is 0 Å². The molecular formula is C7H11NO4. The van der Waals surface area contributed by atoms with E-state index in [4.69, 9.17) is 9.84 Å². The van der Waals surface area contributed by atoms with Crippen molar-refractivity contribution in [2.24, 2.45) is 0 Å². The van der Waals surface area contributed by atoms with Gasteiger partial charge in [-0.3, -0.25) is 14.5 Å². The molecule has 1 aliphatic rings. The summed E-state index contributed by atoms with van der Waals surface area (Å²) in [6.45, 7) is 0.537. The van der Waals surface area contributed by atoms with Crippen molar-refractivity contribution in [1.82, 2.24) is 4.90 Å². The van der Waals surface area contributed by atoms with E-state index in [9.17, 15) is 9.59 Å². The van der Waals surface area contributed by atoms with Gasteiger partial charge >= 0.3 is 0 Å². The minimum atomic E-state index is -1.14. The number of nitrogens with zero attached hydrogens (tertiary/aromatic N) is 1. The van der Waals surface area contributed by atoms with Crippen molar-refractivity contribution in [1.29, 1.82) is 0 Å². The molecule has 1 saturated heterocycles. The number of aliphatic hydroxyl groups is 1. The second-order valence-electron chi connectivity index (χ2n) is 2.60. The maximum absolute atomic E-state index is 11.0. The molecule has 1 atom stereocenters. The summed E-state index contributed by atoms with van der Waals surface area (Å²) in [7, 11) is 1.49. The molecule has 0 bridgehead atoms. The van der Waals surface area contributed by atoms with E-state index in [1.807, 2.05) is 0 Å². The Labute approximate surface area is 69.9 Å². The first-order chi connectivity index (χ1) is 5.66. The van der Waals surface area contributed by atoms with Crippen molar-refractivity contribution < 1.29 is 19.4 Å². The summed E-state index contributed by atoms with van der Waals surface area (Å²) in [4.78, 5) is 23.0. The number of imide groups is 1. The molecule has 0 unspecified atom stereocenters. The predicted molar refractivity (Wildman–Crippen MR) is 39.2 cm³/mol. The van der Waals surface area contributed by atoms with Gasteiger partial charge in [-0.05, 0) is 0 Å². The van der Waals surface area contributed by atoms with Gasteiger partial charge in [0.25, 0.3) is 5.91 Å². The molecule has 0 spiro atoms. The number of methoxy groups -OCH3 is 1. The van der Waals surface area contributed by atoms with Crippen molar-refractivity contribution >= 4 is 11.8 Å². The highest BCUT2D eigenvalue weighted by molar-refractivity contribution is 6.04. The van der Waals surface area contributed by atoms with E-state index in [1.54, 1.807) is 0 Å². The first-order valence-corrected chi connectivity index (χ1v) is 3.68. The molecule has 5 heteroatoms. The lowest BCUT2D eigenvalue weighted by Crippen LogP contribution is -2.34. The Kier molecular flexibility index (Phi) is 2.78. The minimum Gasteiger partial charge on any atom is -0.383 e. The second-order valence-corrected chi connectivity index (χ2v) is 2.60. The first-order valence-electron chi connectivity index (χ1n) is 3.68. The molecule has 2 amide bonds. The van der Waals surface area contributed by atoms with Crippen molar-refractivity contribution in [3.8, 4) is 0 Å². The molecule has 0 radical (unpaired) electrons. The van der Waals surface area contributed by atoms with Crippen LogP contribution in [0, 0.1) is 0 Å². The number of carbonyl (C=O) groups excluding carboxylic acids is 2. The topological polar surface area (TPSA) is 66.8 Å². The largest absolute Gasteiger partial charge is 0.383 e. The summed E-state index contributed by atoms with van der Waals surface area (Å²) >= 11 is 0. The van der Waals surface area contributed by atoms with Gasteiger partial charge < -0.3 is 9.84 Å². The number of carbonyl (C=O) groups is 2. The van der Waals surface area contributed by atoms with E-state index in [1.165, 1.54) is 7.11 Å². The van der Waals surface area contributed by atoms with Gasteiger partial charge in [0.05, 0.1) is 19.6 Å². The lowest BCUT2D eigenvalue weighted by atomic mass is 10.3. The van der Waals surface area contributed by atoms with Crippen LogP contribution in [0.5, 0.6) is 0 Å². The highest BCUT2D eigenvalue weighted by atomic mass is 16.5. The van der Waals surface area contributed by atoms with Gasteiger partial charge in [-0.25, -0.2) is 0 Å². The maximum Gasteiger partial charge on any atom is 0.258 e. The SMILES string of the molecule is COCCN1C(=O)C[C@@H](O)C1=O. The molecule has 68 valence electrons. The highest BCUT2D eigenvalue weighted by Gasteiger charge is 2.36. The lowest BCUT2D eigenvalue weighted by Gasteiger charge is -2.12. The summed E-state index contributed by atoms with van der Waals surface area (Å²) in [6, 6.07) is 0. The Morgan fingerprint density at radius 2 is 2.33 bits per heavy atom. The monoisotopic (exact) mass is 173 g/mol. The normalized spacial score (nSPS) is 23.8. The van der Waals surface area contributed by atoms with Crippen LogP contribution in [0.2, 0.25) is 0 Å². The third-order valence-corrected chi connectivity index (χ3v) is 1.74. The van der Waals surface area contributed by atoms with E-state index in [0.29, 0.717) is 6.61 Å². The Hall–Kier alpha value is -0.940. The van der Waals surface area contributed by atoms with Gasteiger partial charge in [-0.2, -0.15) is 0 Å². The van der Waals surface area contributed by atoms with Crippen molar-refractivity contribution in [2.45, 2.75) is 12.5 Å². The van der Waals surface area contributed by atoms with Crippen molar-refractivity contribution in [2.75, 3.05) is 20.3 Å². The smallest absolute Gasteiger partial charge is 0.258 e. The third-order valence-electron chi connectivity index (χ3n) is 1.74. The average molecular weight is 173 g/mol. The van der Waals surface area contributed by atoms with Crippen LogP contribution in [0.3, 0.4) is 0 Å². The molecule has 0 aromatic heterocycles. The molecule has 1 aliphatic heterocycles. The lowest BCUT2D eigenvalue weighted by molar-refractivity contribution is -0.141. The van der Waals surface area contributed by atoms with Crippen LogP contribution in [0.15, 0.2) is 0 Å². The Bertz CT molecular complexity index is 204. The third kappa shape index (κ3) is 1.62.